The molecular weight excluding hydrogens is 343 g/mol. The maximum atomic E-state index is 12.5. The molecule has 4 nitrogen and oxygen atoms in total. The Morgan fingerprint density at radius 3 is 2.35 bits per heavy atom. The molecule has 1 aromatic carbocycles. The van der Waals surface area contributed by atoms with Gasteiger partial charge in [0, 0.05) is 5.69 Å². The van der Waals surface area contributed by atoms with Crippen molar-refractivity contribution in [3.63, 3.8) is 0 Å². The fraction of sp³-hybridized carbons (Fsp3) is 0.300. The predicted octanol–water partition coefficient (Wildman–Crippen LogP) is 3.52. The second-order valence-electron chi connectivity index (χ2n) is 3.62. The number of hydrogen-bond acceptors (Lipinski definition) is 2. The molecule has 1 rings (SSSR count). The first-order chi connectivity index (χ1) is 9.00. The molecule has 3 N–H and O–H groups in total. The van der Waals surface area contributed by atoms with Crippen molar-refractivity contribution < 1.29 is 23.1 Å². The van der Waals surface area contributed by atoms with Crippen molar-refractivity contribution in [2.24, 2.45) is 0 Å². The van der Waals surface area contributed by atoms with E-state index in [9.17, 15) is 23.1 Å². The van der Waals surface area contributed by atoms with Crippen LogP contribution in [0.3, 0.4) is 0 Å². The minimum absolute atomic E-state index is 0.131. The highest BCUT2D eigenvalue weighted by molar-refractivity contribution is 6.68. The van der Waals surface area contributed by atoms with E-state index in [1.165, 1.54) is 6.07 Å². The Kier molecular flexibility index (Phi) is 5.37. The number of aliphatic hydroxyl groups is 1. The van der Waals surface area contributed by atoms with Crippen LogP contribution in [0.4, 0.5) is 23.7 Å². The summed E-state index contributed by atoms with van der Waals surface area (Å²) in [6.45, 7) is 0. The number of hydrogen-bond donors (Lipinski definition) is 3. The minimum atomic E-state index is -4.54. The maximum Gasteiger partial charge on any atom is 0.416 e. The van der Waals surface area contributed by atoms with Gasteiger partial charge in [0.25, 0.3) is 0 Å². The van der Waals surface area contributed by atoms with Gasteiger partial charge in [0.2, 0.25) is 3.79 Å². The molecule has 0 aliphatic rings. The van der Waals surface area contributed by atoms with Crippen molar-refractivity contribution in [1.29, 1.82) is 0 Å². The molecule has 0 bridgehead atoms. The fourth-order valence-corrected chi connectivity index (χ4v) is 1.31. The average molecular weight is 352 g/mol. The largest absolute Gasteiger partial charge is 0.416 e. The highest BCUT2D eigenvalue weighted by Gasteiger charge is 2.33. The lowest BCUT2D eigenvalue weighted by Gasteiger charge is -2.20. The molecule has 1 atom stereocenters. The molecule has 1 aromatic rings. The van der Waals surface area contributed by atoms with E-state index in [1.807, 2.05) is 5.32 Å². The van der Waals surface area contributed by atoms with Gasteiger partial charge in [-0.2, -0.15) is 13.2 Å². The van der Waals surface area contributed by atoms with Gasteiger partial charge in [-0.15, -0.1) is 0 Å². The Balaban J connectivity index is 2.72. The number of carbonyl (C=O) groups is 1. The molecular formula is C10H8Cl3F3N2O2. The summed E-state index contributed by atoms with van der Waals surface area (Å²) in [5, 5.41) is 13.2. The summed E-state index contributed by atoms with van der Waals surface area (Å²) in [5.74, 6) is 0. The van der Waals surface area contributed by atoms with E-state index in [4.69, 9.17) is 34.8 Å². The van der Waals surface area contributed by atoms with Crippen molar-refractivity contribution in [3.05, 3.63) is 29.8 Å². The number of benzene rings is 1. The summed E-state index contributed by atoms with van der Waals surface area (Å²) < 4.78 is 35.2. The van der Waals surface area contributed by atoms with E-state index < -0.39 is 27.8 Å². The van der Waals surface area contributed by atoms with Crippen LogP contribution in [0.1, 0.15) is 5.56 Å². The molecule has 0 aliphatic carbocycles. The molecule has 0 saturated heterocycles. The first kappa shape index (κ1) is 17.2. The van der Waals surface area contributed by atoms with Gasteiger partial charge in [0.05, 0.1) is 5.56 Å². The lowest BCUT2D eigenvalue weighted by molar-refractivity contribution is -0.137. The molecule has 0 spiro atoms. The quantitative estimate of drug-likeness (QED) is 0.564. The van der Waals surface area contributed by atoms with Crippen LogP contribution in [0.15, 0.2) is 24.3 Å². The van der Waals surface area contributed by atoms with E-state index in [2.05, 4.69) is 5.32 Å². The molecule has 0 radical (unpaired) electrons. The number of urea groups is 1. The topological polar surface area (TPSA) is 61.4 Å². The third-order valence-electron chi connectivity index (χ3n) is 2.03. The van der Waals surface area contributed by atoms with E-state index >= 15 is 0 Å². The van der Waals surface area contributed by atoms with Crippen molar-refractivity contribution in [1.82, 2.24) is 5.32 Å². The summed E-state index contributed by atoms with van der Waals surface area (Å²) in [5.41, 5.74) is -1.06. The average Bonchev–Trinajstić information content (AvgIpc) is 2.26. The van der Waals surface area contributed by atoms with E-state index in [0.29, 0.717) is 0 Å². The second-order valence-corrected chi connectivity index (χ2v) is 5.99. The number of amides is 2. The van der Waals surface area contributed by atoms with Crippen LogP contribution in [0.25, 0.3) is 0 Å². The molecule has 20 heavy (non-hydrogen) atoms. The van der Waals surface area contributed by atoms with Gasteiger partial charge in [-0.25, -0.2) is 4.79 Å². The van der Waals surface area contributed by atoms with E-state index in [-0.39, 0.29) is 5.69 Å². The van der Waals surface area contributed by atoms with Crippen molar-refractivity contribution >= 4 is 46.5 Å². The van der Waals surface area contributed by atoms with Crippen LogP contribution in [-0.4, -0.2) is 21.2 Å². The summed E-state index contributed by atoms with van der Waals surface area (Å²) in [6.07, 6.45) is -6.36. The van der Waals surface area contributed by atoms with Crippen LogP contribution in [0, 0.1) is 0 Å². The molecule has 0 saturated carbocycles. The number of halogens is 6. The van der Waals surface area contributed by atoms with Gasteiger partial charge in [0.15, 0.2) is 6.23 Å². The predicted molar refractivity (Wildman–Crippen MR) is 69.9 cm³/mol. The lowest BCUT2D eigenvalue weighted by atomic mass is 10.2. The van der Waals surface area contributed by atoms with Crippen molar-refractivity contribution in [2.45, 2.75) is 16.2 Å². The molecule has 2 amide bonds. The van der Waals surface area contributed by atoms with E-state index in [0.717, 1.165) is 18.2 Å². The third-order valence-corrected chi connectivity index (χ3v) is 2.65. The molecule has 112 valence electrons. The number of aliphatic hydroxyl groups excluding tert-OH is 1. The summed E-state index contributed by atoms with van der Waals surface area (Å²) in [4.78, 5) is 11.4. The van der Waals surface area contributed by atoms with Gasteiger partial charge in [0.1, 0.15) is 0 Å². The molecule has 0 aliphatic heterocycles. The Hall–Kier alpha value is -0.890. The second kappa shape index (κ2) is 6.26. The van der Waals surface area contributed by atoms with E-state index in [1.54, 1.807) is 0 Å². The highest BCUT2D eigenvalue weighted by atomic mass is 35.6. The Labute approximate surface area is 126 Å². The Morgan fingerprint density at radius 1 is 1.25 bits per heavy atom. The summed E-state index contributed by atoms with van der Waals surface area (Å²) in [6, 6.07) is 2.89. The van der Waals surface area contributed by atoms with Gasteiger partial charge < -0.3 is 15.7 Å². The third kappa shape index (κ3) is 5.24. The monoisotopic (exact) mass is 350 g/mol. The van der Waals surface area contributed by atoms with Crippen LogP contribution in [0.2, 0.25) is 0 Å². The number of alkyl halides is 6. The molecule has 0 fully saturated rings. The standard InChI is InChI=1S/C10H8Cl3F3N2O2/c11-9(12,13)7(19)18-8(20)17-6-3-1-2-5(4-6)10(14,15)16/h1-4,7,19H,(H2,17,18,20). The van der Waals surface area contributed by atoms with Crippen LogP contribution in [-0.2, 0) is 6.18 Å². The zero-order chi connectivity index (χ0) is 15.6. The number of nitrogens with one attached hydrogen (secondary N) is 2. The van der Waals surface area contributed by atoms with Crippen molar-refractivity contribution in [3.8, 4) is 0 Å². The first-order valence-electron chi connectivity index (χ1n) is 4.99. The van der Waals surface area contributed by atoms with Crippen molar-refractivity contribution in [2.75, 3.05) is 5.32 Å². The van der Waals surface area contributed by atoms with Crippen LogP contribution < -0.4 is 10.6 Å². The minimum Gasteiger partial charge on any atom is -0.369 e. The normalized spacial score (nSPS) is 13.8. The molecule has 10 heteroatoms. The lowest BCUT2D eigenvalue weighted by Crippen LogP contribution is -2.45. The van der Waals surface area contributed by atoms with Crippen LogP contribution in [0.5, 0.6) is 0 Å². The van der Waals surface area contributed by atoms with Gasteiger partial charge in [-0.3, -0.25) is 0 Å². The maximum absolute atomic E-state index is 12.5. The number of anilines is 1. The zero-order valence-electron chi connectivity index (χ0n) is 9.51. The Bertz CT molecular complexity index is 491. The van der Waals surface area contributed by atoms with Gasteiger partial charge in [-0.1, -0.05) is 40.9 Å². The smallest absolute Gasteiger partial charge is 0.369 e. The molecule has 0 heterocycles. The fourth-order valence-electron chi connectivity index (χ4n) is 1.15. The Morgan fingerprint density at radius 2 is 1.85 bits per heavy atom. The SMILES string of the molecule is O=C(Nc1cccc(C(F)(F)F)c1)NC(O)C(Cl)(Cl)Cl. The van der Waals surface area contributed by atoms with Crippen LogP contribution >= 0.6 is 34.8 Å². The molecule has 1 unspecified atom stereocenters. The molecule has 0 aromatic heterocycles. The summed E-state index contributed by atoms with van der Waals surface area (Å²) >= 11 is 15.9. The highest BCUT2D eigenvalue weighted by Crippen LogP contribution is 2.31. The van der Waals surface area contributed by atoms with Gasteiger partial charge >= 0.3 is 12.2 Å². The summed E-state index contributed by atoms with van der Waals surface area (Å²) in [7, 11) is 0. The number of rotatable bonds is 2. The first-order valence-corrected chi connectivity index (χ1v) is 6.13. The number of carbonyl (C=O) groups excluding carboxylic acids is 1. The zero-order valence-corrected chi connectivity index (χ0v) is 11.8. The van der Waals surface area contributed by atoms with Gasteiger partial charge in [-0.05, 0) is 18.2 Å².